The molecule has 5 N–H and O–H groups in total. The molecule has 132 valence electrons. The Kier molecular flexibility index (Phi) is 15.2. The minimum Gasteiger partial charge on any atom is -0.395 e. The van der Waals surface area contributed by atoms with Crippen LogP contribution in [0.25, 0.3) is 0 Å². The summed E-state index contributed by atoms with van der Waals surface area (Å²) in [5.41, 5.74) is 5.48. The lowest BCUT2D eigenvalue weighted by molar-refractivity contribution is 0.141. The van der Waals surface area contributed by atoms with E-state index in [4.69, 9.17) is 10.8 Å². The van der Waals surface area contributed by atoms with Crippen molar-refractivity contribution in [1.29, 1.82) is 0 Å². The largest absolute Gasteiger partial charge is 0.395 e. The summed E-state index contributed by atoms with van der Waals surface area (Å²) < 4.78 is 0. The molecule has 0 amide bonds. The average molecular weight is 315 g/mol. The van der Waals surface area contributed by atoms with Gasteiger partial charge < -0.3 is 21.1 Å². The number of nitrogens with two attached hydrogens (primary N) is 1. The highest BCUT2D eigenvalue weighted by molar-refractivity contribution is 4.97. The molecule has 0 rings (SSSR count). The van der Waals surface area contributed by atoms with Gasteiger partial charge in [0.2, 0.25) is 0 Å². The first-order valence-corrected chi connectivity index (χ1v) is 9.02. The van der Waals surface area contributed by atoms with E-state index in [9.17, 15) is 10.2 Å². The van der Waals surface area contributed by atoms with Gasteiger partial charge in [0.25, 0.3) is 0 Å². The summed E-state index contributed by atoms with van der Waals surface area (Å²) in [5.74, 6) is 0. The predicted molar refractivity (Wildman–Crippen MR) is 92.7 cm³/mol. The molecule has 0 aromatic rings. The van der Waals surface area contributed by atoms with Gasteiger partial charge in [-0.1, -0.05) is 83.3 Å². The predicted octanol–water partition coefficient (Wildman–Crippen LogP) is 2.90. The van der Waals surface area contributed by atoms with E-state index in [-0.39, 0.29) is 6.61 Å². The molecule has 4 heteroatoms. The molecule has 3 atom stereocenters. The highest BCUT2D eigenvalue weighted by Gasteiger charge is 2.10. The maximum absolute atomic E-state index is 9.77. The van der Waals surface area contributed by atoms with E-state index in [0.717, 1.165) is 12.8 Å². The Morgan fingerprint density at radius 1 is 0.818 bits per heavy atom. The van der Waals surface area contributed by atoms with Crippen LogP contribution >= 0.6 is 0 Å². The van der Waals surface area contributed by atoms with Crippen molar-refractivity contribution in [2.45, 2.75) is 95.8 Å². The Hall–Kier alpha value is -0.420. The normalized spacial score (nSPS) is 16.0. The van der Waals surface area contributed by atoms with Crippen LogP contribution in [0.1, 0.15) is 77.6 Å². The molecular weight excluding hydrogens is 278 g/mol. The Balaban J connectivity index is 3.42. The molecule has 0 radical (unpaired) electrons. The van der Waals surface area contributed by atoms with Crippen LogP contribution in [0, 0.1) is 0 Å². The van der Waals surface area contributed by atoms with Crippen molar-refractivity contribution < 1.29 is 15.3 Å². The van der Waals surface area contributed by atoms with Gasteiger partial charge in [0, 0.05) is 0 Å². The maximum atomic E-state index is 9.77. The molecule has 22 heavy (non-hydrogen) atoms. The first-order chi connectivity index (χ1) is 10.6. The molecular formula is C18H37NO3. The number of hydrogen-bond acceptors (Lipinski definition) is 4. The Morgan fingerprint density at radius 2 is 1.32 bits per heavy atom. The van der Waals surface area contributed by atoms with Gasteiger partial charge in [-0.3, -0.25) is 0 Å². The Bertz CT molecular complexity index is 259. The van der Waals surface area contributed by atoms with Crippen molar-refractivity contribution >= 4 is 0 Å². The van der Waals surface area contributed by atoms with Crippen LogP contribution in [0.2, 0.25) is 0 Å². The molecule has 0 spiro atoms. The lowest BCUT2D eigenvalue weighted by Crippen LogP contribution is -2.36. The Morgan fingerprint density at radius 3 is 1.82 bits per heavy atom. The molecule has 1 unspecified atom stereocenters. The fraction of sp³-hybridized carbons (Fsp3) is 0.889. The molecule has 0 aromatic carbocycles. The molecule has 0 aliphatic rings. The maximum Gasteiger partial charge on any atom is 0.0895 e. The molecule has 0 aliphatic heterocycles. The van der Waals surface area contributed by atoms with Crippen LogP contribution in [0.4, 0.5) is 0 Å². The van der Waals surface area contributed by atoms with Crippen LogP contribution < -0.4 is 5.73 Å². The van der Waals surface area contributed by atoms with Gasteiger partial charge in [-0.25, -0.2) is 0 Å². The van der Waals surface area contributed by atoms with Gasteiger partial charge in [-0.15, -0.1) is 0 Å². The monoisotopic (exact) mass is 315 g/mol. The zero-order valence-electron chi connectivity index (χ0n) is 14.3. The molecule has 0 aliphatic carbocycles. The van der Waals surface area contributed by atoms with E-state index in [1.54, 1.807) is 6.08 Å². The number of unbranched alkanes of at least 4 members (excludes halogenated alkanes) is 9. The van der Waals surface area contributed by atoms with Crippen LogP contribution in [0.5, 0.6) is 0 Å². The number of hydrogen-bond donors (Lipinski definition) is 4. The summed E-state index contributed by atoms with van der Waals surface area (Å²) in [7, 11) is 0. The molecule has 4 nitrogen and oxygen atoms in total. The summed E-state index contributed by atoms with van der Waals surface area (Å²) in [5, 5.41) is 28.1. The summed E-state index contributed by atoms with van der Waals surface area (Å²) in [6.45, 7) is 1.98. The van der Waals surface area contributed by atoms with E-state index in [1.165, 1.54) is 57.4 Å². The number of aliphatic hydroxyl groups is 3. The molecule has 0 heterocycles. The third-order valence-corrected chi connectivity index (χ3v) is 4.03. The summed E-state index contributed by atoms with van der Waals surface area (Å²) >= 11 is 0. The first kappa shape index (κ1) is 21.6. The van der Waals surface area contributed by atoms with Crippen LogP contribution in [0.15, 0.2) is 12.2 Å². The standard InChI is InChI=1S/C18H37NO3/c1-2-3-4-5-6-7-8-9-10-11-12-16(21)13-14-18(22)17(19)15-20/h13-14,16-18,20-22H,2-12,15,19H2,1H3/t16?,17-,18+/m0/s1. The third kappa shape index (κ3) is 13.3. The smallest absolute Gasteiger partial charge is 0.0895 e. The zero-order chi connectivity index (χ0) is 16.6. The van der Waals surface area contributed by atoms with Crippen molar-refractivity contribution in [2.24, 2.45) is 5.73 Å². The van der Waals surface area contributed by atoms with E-state index in [1.807, 2.05) is 0 Å². The topological polar surface area (TPSA) is 86.7 Å². The summed E-state index contributed by atoms with van der Waals surface area (Å²) in [6, 6.07) is -0.680. The molecule has 0 bridgehead atoms. The van der Waals surface area contributed by atoms with Crippen LogP contribution in [-0.4, -0.2) is 40.2 Å². The second kappa shape index (κ2) is 15.5. The highest BCUT2D eigenvalue weighted by atomic mass is 16.3. The number of aliphatic hydroxyl groups excluding tert-OH is 3. The first-order valence-electron chi connectivity index (χ1n) is 9.02. The molecule has 0 saturated carbocycles. The van der Waals surface area contributed by atoms with E-state index in [0.29, 0.717) is 6.42 Å². The lowest BCUT2D eigenvalue weighted by Gasteiger charge is -2.13. The van der Waals surface area contributed by atoms with E-state index >= 15 is 0 Å². The summed E-state index contributed by atoms with van der Waals surface area (Å²) in [6.07, 6.45) is 15.1. The van der Waals surface area contributed by atoms with Crippen molar-refractivity contribution in [3.8, 4) is 0 Å². The second-order valence-corrected chi connectivity index (χ2v) is 6.26. The van der Waals surface area contributed by atoms with Crippen LogP contribution in [0.3, 0.4) is 0 Å². The highest BCUT2D eigenvalue weighted by Crippen LogP contribution is 2.12. The van der Waals surface area contributed by atoms with Crippen molar-refractivity contribution in [1.82, 2.24) is 0 Å². The van der Waals surface area contributed by atoms with E-state index < -0.39 is 18.2 Å². The van der Waals surface area contributed by atoms with Crippen LogP contribution in [-0.2, 0) is 0 Å². The van der Waals surface area contributed by atoms with Gasteiger partial charge >= 0.3 is 0 Å². The van der Waals surface area contributed by atoms with Gasteiger partial charge in [0.1, 0.15) is 0 Å². The van der Waals surface area contributed by atoms with E-state index in [2.05, 4.69) is 6.92 Å². The van der Waals surface area contributed by atoms with Gasteiger partial charge in [-0.05, 0) is 6.42 Å². The molecule has 0 fully saturated rings. The lowest BCUT2D eigenvalue weighted by atomic mass is 10.0. The fourth-order valence-electron chi connectivity index (χ4n) is 2.43. The summed E-state index contributed by atoms with van der Waals surface area (Å²) in [4.78, 5) is 0. The Labute approximate surface area is 136 Å². The van der Waals surface area contributed by atoms with Crippen molar-refractivity contribution in [2.75, 3.05) is 6.61 Å². The number of rotatable bonds is 15. The van der Waals surface area contributed by atoms with Gasteiger partial charge in [0.05, 0.1) is 24.9 Å². The van der Waals surface area contributed by atoms with Gasteiger partial charge in [0.15, 0.2) is 0 Å². The van der Waals surface area contributed by atoms with Gasteiger partial charge in [-0.2, -0.15) is 0 Å². The molecule has 0 aromatic heterocycles. The minimum atomic E-state index is -0.896. The average Bonchev–Trinajstić information content (AvgIpc) is 2.53. The van der Waals surface area contributed by atoms with Crippen molar-refractivity contribution in [3.05, 3.63) is 12.2 Å². The molecule has 0 saturated heterocycles. The minimum absolute atomic E-state index is 0.264. The fourth-order valence-corrected chi connectivity index (χ4v) is 2.43. The SMILES string of the molecule is CCCCCCCCCCCCC(O)C=C[C@@H](O)[C@@H](N)CO. The zero-order valence-corrected chi connectivity index (χ0v) is 14.3. The second-order valence-electron chi connectivity index (χ2n) is 6.26. The third-order valence-electron chi connectivity index (χ3n) is 4.03. The van der Waals surface area contributed by atoms with Crippen molar-refractivity contribution in [3.63, 3.8) is 0 Å². The quantitative estimate of drug-likeness (QED) is 0.276.